The molecule has 0 aliphatic heterocycles. The zero-order valence-corrected chi connectivity index (χ0v) is 15.8. The molecule has 0 heterocycles. The molecule has 0 spiro atoms. The van der Waals surface area contributed by atoms with E-state index in [4.69, 9.17) is 5.11 Å². The molecule has 0 bridgehead atoms. The molecule has 3 aromatic rings. The van der Waals surface area contributed by atoms with Crippen molar-refractivity contribution in [2.24, 2.45) is 5.92 Å². The molecule has 3 aromatic carbocycles. The van der Waals surface area contributed by atoms with Crippen molar-refractivity contribution in [1.82, 2.24) is 0 Å². The predicted octanol–water partition coefficient (Wildman–Crippen LogP) is 2.28. The highest BCUT2D eigenvalue weighted by atomic mass is 28.4. The first kappa shape index (κ1) is 19.1. The minimum absolute atomic E-state index is 0.306. The van der Waals surface area contributed by atoms with Crippen LogP contribution in [0.1, 0.15) is 13.8 Å². The van der Waals surface area contributed by atoms with Crippen molar-refractivity contribution in [2.45, 2.75) is 13.8 Å². The van der Waals surface area contributed by atoms with E-state index in [0.717, 1.165) is 15.6 Å². The second-order valence-corrected chi connectivity index (χ2v) is 9.54. The van der Waals surface area contributed by atoms with Crippen LogP contribution in [0.3, 0.4) is 0 Å². The molecule has 130 valence electrons. The molecule has 0 aliphatic rings. The monoisotopic (exact) mass is 350 g/mol. The van der Waals surface area contributed by atoms with Gasteiger partial charge in [0.2, 0.25) is 0 Å². The molecule has 2 nitrogen and oxygen atoms in total. The third kappa shape index (κ3) is 4.89. The predicted molar refractivity (Wildman–Crippen MR) is 108 cm³/mol. The van der Waals surface area contributed by atoms with Crippen LogP contribution in [-0.2, 0) is 0 Å². The van der Waals surface area contributed by atoms with Gasteiger partial charge in [-0.25, -0.2) is 0 Å². The summed E-state index contributed by atoms with van der Waals surface area (Å²) in [7, 11) is -2.88. The molecule has 0 saturated carbocycles. The number of rotatable bonds is 4. The Hall–Kier alpha value is -2.20. The first-order chi connectivity index (χ1) is 12.1. The minimum Gasteiger partial charge on any atom is -0.421 e. The summed E-state index contributed by atoms with van der Waals surface area (Å²) < 4.78 is 0. The largest absolute Gasteiger partial charge is 0.421 e. The smallest absolute Gasteiger partial charge is 0.285 e. The van der Waals surface area contributed by atoms with Crippen LogP contribution in [0.5, 0.6) is 0 Å². The van der Waals surface area contributed by atoms with Crippen LogP contribution in [0.2, 0.25) is 0 Å². The third-order valence-corrected chi connectivity index (χ3v) is 7.45. The summed E-state index contributed by atoms with van der Waals surface area (Å²) in [6.45, 7) is 4.25. The Kier molecular flexibility index (Phi) is 7.13. The zero-order valence-electron chi connectivity index (χ0n) is 14.8. The van der Waals surface area contributed by atoms with Crippen LogP contribution in [0.4, 0.5) is 0 Å². The van der Waals surface area contributed by atoms with Crippen molar-refractivity contribution < 1.29 is 9.90 Å². The van der Waals surface area contributed by atoms with Gasteiger partial charge in [-0.1, -0.05) is 105 Å². The van der Waals surface area contributed by atoms with Crippen molar-refractivity contribution in [3.8, 4) is 0 Å². The minimum atomic E-state index is -2.88. The molecule has 0 aromatic heterocycles. The van der Waals surface area contributed by atoms with Crippen molar-refractivity contribution in [2.75, 3.05) is 6.61 Å². The van der Waals surface area contributed by atoms with Crippen LogP contribution in [0, 0.1) is 5.92 Å². The van der Waals surface area contributed by atoms with Gasteiger partial charge in [-0.05, 0) is 21.5 Å². The van der Waals surface area contributed by atoms with Gasteiger partial charge in [0.05, 0.1) is 0 Å². The first-order valence-corrected chi connectivity index (χ1v) is 10.5. The van der Waals surface area contributed by atoms with E-state index in [2.05, 4.69) is 0 Å². The highest BCUT2D eigenvalue weighted by Gasteiger charge is 2.37. The second-order valence-electron chi connectivity index (χ2n) is 6.38. The lowest BCUT2D eigenvalue weighted by atomic mass is 10.2. The van der Waals surface area contributed by atoms with Gasteiger partial charge in [0.15, 0.2) is 0 Å². The zero-order chi connectivity index (χ0) is 18.1. The molecule has 0 fully saturated rings. The maximum absolute atomic E-state index is 11.6. The average molecular weight is 351 g/mol. The fourth-order valence-electron chi connectivity index (χ4n) is 2.54. The van der Waals surface area contributed by atoms with E-state index in [0.29, 0.717) is 12.5 Å². The summed E-state index contributed by atoms with van der Waals surface area (Å²) in [5.41, 5.74) is 0. The van der Waals surface area contributed by atoms with Crippen LogP contribution in [-0.4, -0.2) is 24.8 Å². The molecule has 2 N–H and O–H groups in total. The molecule has 0 amide bonds. The van der Waals surface area contributed by atoms with Gasteiger partial charge < -0.3 is 9.90 Å². The van der Waals surface area contributed by atoms with E-state index in [1.54, 1.807) is 0 Å². The van der Waals surface area contributed by atoms with E-state index >= 15 is 0 Å². The van der Waals surface area contributed by atoms with E-state index in [1.807, 2.05) is 105 Å². The van der Waals surface area contributed by atoms with E-state index in [-0.39, 0.29) is 0 Å². The van der Waals surface area contributed by atoms with Crippen LogP contribution in [0.15, 0.2) is 91.0 Å². The molecular weight excluding hydrogens is 324 g/mol. The Morgan fingerprint density at radius 3 is 1.08 bits per heavy atom. The Morgan fingerprint density at radius 2 is 0.880 bits per heavy atom. The van der Waals surface area contributed by atoms with Crippen molar-refractivity contribution >= 4 is 23.9 Å². The Morgan fingerprint density at radius 1 is 0.640 bits per heavy atom. The lowest BCUT2D eigenvalue weighted by Crippen LogP contribution is -2.67. The summed E-state index contributed by atoms with van der Waals surface area (Å²) in [4.78, 5) is 11.6. The maximum Gasteiger partial charge on any atom is 0.285 e. The topological polar surface area (TPSA) is 40.5 Å². The van der Waals surface area contributed by atoms with E-state index in [9.17, 15) is 4.80 Å². The third-order valence-electron chi connectivity index (χ3n) is 3.94. The maximum atomic E-state index is 11.6. The number of aliphatic hydroxyl groups is 1. The van der Waals surface area contributed by atoms with Gasteiger partial charge in [0.1, 0.15) is 0 Å². The number of benzene rings is 3. The van der Waals surface area contributed by atoms with Crippen LogP contribution < -0.4 is 15.6 Å². The Bertz CT molecular complexity index is 631. The lowest BCUT2D eigenvalue weighted by Gasteiger charge is -2.26. The first-order valence-electron chi connectivity index (χ1n) is 8.58. The fraction of sp³-hybridized carbons (Fsp3) is 0.182. The summed E-state index contributed by atoms with van der Waals surface area (Å²) in [5.74, 6) is 0.440. The molecule has 25 heavy (non-hydrogen) atoms. The Balaban J connectivity index is 0.000000399. The summed E-state index contributed by atoms with van der Waals surface area (Å²) in [5, 5.41) is 11.2. The lowest BCUT2D eigenvalue weighted by molar-refractivity contribution is 0.248. The van der Waals surface area contributed by atoms with Crippen molar-refractivity contribution in [3.05, 3.63) is 91.0 Å². The Labute approximate surface area is 151 Å². The summed E-state index contributed by atoms with van der Waals surface area (Å²) in [6, 6.07) is 30.0. The quantitative estimate of drug-likeness (QED) is 0.560. The number of hydrogen-bond acceptors (Lipinski definition) is 2. The molecular formula is C22H26O2Si. The van der Waals surface area contributed by atoms with Gasteiger partial charge in [-0.2, -0.15) is 0 Å². The highest BCUT2D eigenvalue weighted by Crippen LogP contribution is 2.03. The fourth-order valence-corrected chi connectivity index (χ4v) is 5.56. The van der Waals surface area contributed by atoms with E-state index in [1.165, 1.54) is 0 Å². The van der Waals surface area contributed by atoms with Gasteiger partial charge in [-0.3, -0.25) is 0 Å². The van der Waals surface area contributed by atoms with Gasteiger partial charge in [0, 0.05) is 6.61 Å². The van der Waals surface area contributed by atoms with Gasteiger partial charge in [-0.15, -0.1) is 0 Å². The van der Waals surface area contributed by atoms with Crippen LogP contribution in [0.25, 0.3) is 0 Å². The second kappa shape index (κ2) is 9.32. The molecule has 0 atom stereocenters. The number of hydrogen-bond donors (Lipinski definition) is 2. The summed E-state index contributed by atoms with van der Waals surface area (Å²) in [6.07, 6.45) is 0. The standard InChI is InChI=1S/C18H16OSi.C4H10O/c19-20(16-10-4-1-5-11-16,17-12-6-2-7-13-17)18-14-8-3-9-15-18;1-4(2)3-5/h1-15,19H;4-5H,3H2,1-2H3. The van der Waals surface area contributed by atoms with Crippen molar-refractivity contribution in [3.63, 3.8) is 0 Å². The molecule has 0 radical (unpaired) electrons. The van der Waals surface area contributed by atoms with Crippen molar-refractivity contribution in [1.29, 1.82) is 0 Å². The van der Waals surface area contributed by atoms with Gasteiger partial charge >= 0.3 is 0 Å². The van der Waals surface area contributed by atoms with E-state index < -0.39 is 8.32 Å². The molecule has 3 heteroatoms. The van der Waals surface area contributed by atoms with Crippen LogP contribution >= 0.6 is 0 Å². The molecule has 0 aliphatic carbocycles. The average Bonchev–Trinajstić information content (AvgIpc) is 2.70. The summed E-state index contributed by atoms with van der Waals surface area (Å²) >= 11 is 0. The molecule has 0 saturated heterocycles. The molecule has 3 rings (SSSR count). The normalized spacial score (nSPS) is 10.9. The number of aliphatic hydroxyl groups excluding tert-OH is 1. The molecule has 0 unspecified atom stereocenters. The highest BCUT2D eigenvalue weighted by molar-refractivity contribution is 7.06. The SMILES string of the molecule is CC(C)CO.O[Si](c1ccccc1)(c1ccccc1)c1ccccc1. The van der Waals surface area contributed by atoms with Gasteiger partial charge in [0.25, 0.3) is 8.32 Å².